The van der Waals surface area contributed by atoms with E-state index in [2.05, 4.69) is 15.9 Å². The van der Waals surface area contributed by atoms with Crippen molar-refractivity contribution in [3.8, 4) is 5.75 Å². The molecule has 2 rings (SSSR count). The molecule has 0 aliphatic heterocycles. The average Bonchev–Trinajstić information content (AvgIpc) is 2.41. The first-order valence-corrected chi connectivity index (χ1v) is 8.01. The lowest BCUT2D eigenvalue weighted by Crippen LogP contribution is -2.10. The summed E-state index contributed by atoms with van der Waals surface area (Å²) in [6.45, 7) is 0. The van der Waals surface area contributed by atoms with Gasteiger partial charge < -0.3 is 4.18 Å². The number of nitro benzene ring substituents is 1. The van der Waals surface area contributed by atoms with Crippen LogP contribution in [0.3, 0.4) is 0 Å². The molecule has 110 valence electrons. The van der Waals surface area contributed by atoms with Crippen LogP contribution in [0.5, 0.6) is 5.75 Å². The first kappa shape index (κ1) is 15.7. The number of nitro groups is 1. The zero-order chi connectivity index (χ0) is 15.6. The van der Waals surface area contributed by atoms with Crippen molar-refractivity contribution in [2.45, 2.75) is 4.90 Å². The van der Waals surface area contributed by atoms with Crippen molar-refractivity contribution < 1.29 is 17.5 Å². The predicted molar refractivity (Wildman–Crippen MR) is 80.1 cm³/mol. The molecule has 0 saturated heterocycles. The topological polar surface area (TPSA) is 86.5 Å². The maximum absolute atomic E-state index is 12.1. The zero-order valence-electron chi connectivity index (χ0n) is 10.2. The van der Waals surface area contributed by atoms with Crippen molar-refractivity contribution in [3.63, 3.8) is 0 Å². The Bertz CT molecular complexity index is 792. The summed E-state index contributed by atoms with van der Waals surface area (Å²) in [6.07, 6.45) is 0. The molecular weight excluding hydrogens is 386 g/mol. The Morgan fingerprint density at radius 1 is 1.14 bits per heavy atom. The molecule has 9 heteroatoms. The first-order valence-electron chi connectivity index (χ1n) is 5.43. The number of halogens is 2. The Kier molecular flexibility index (Phi) is 4.50. The molecule has 0 unspecified atom stereocenters. The van der Waals surface area contributed by atoms with Gasteiger partial charge in [0.05, 0.1) is 4.92 Å². The van der Waals surface area contributed by atoms with Gasteiger partial charge in [-0.05, 0) is 36.4 Å². The predicted octanol–water partition coefficient (Wildman–Crippen LogP) is 3.78. The van der Waals surface area contributed by atoms with Crippen molar-refractivity contribution in [3.05, 3.63) is 62.1 Å². The summed E-state index contributed by atoms with van der Waals surface area (Å²) < 4.78 is 29.8. The van der Waals surface area contributed by atoms with E-state index in [4.69, 9.17) is 15.8 Å². The van der Waals surface area contributed by atoms with Crippen molar-refractivity contribution >= 4 is 43.3 Å². The second-order valence-corrected chi connectivity index (χ2v) is 6.73. The van der Waals surface area contributed by atoms with Crippen LogP contribution in [-0.2, 0) is 10.1 Å². The maximum Gasteiger partial charge on any atom is 0.339 e. The number of nitrogens with zero attached hydrogens (tertiary/aromatic N) is 1. The highest BCUT2D eigenvalue weighted by molar-refractivity contribution is 9.10. The molecule has 2 aromatic carbocycles. The SMILES string of the molecule is O=[N+]([O-])c1cc(S(=O)(=O)Oc2ccc(Br)cc2)ccc1Cl. The Morgan fingerprint density at radius 3 is 2.33 bits per heavy atom. The fraction of sp³-hybridized carbons (Fsp3) is 0. The van der Waals surface area contributed by atoms with E-state index in [1.165, 1.54) is 12.1 Å². The number of benzene rings is 2. The standard InChI is InChI=1S/C12H7BrClNO5S/c13-8-1-3-9(4-2-8)20-21(18,19)10-5-6-11(14)12(7-10)15(16)17/h1-7H. The molecule has 0 N–H and O–H groups in total. The van der Waals surface area contributed by atoms with Gasteiger partial charge >= 0.3 is 10.1 Å². The Morgan fingerprint density at radius 2 is 1.76 bits per heavy atom. The molecule has 2 aromatic rings. The van der Waals surface area contributed by atoms with E-state index in [-0.39, 0.29) is 15.7 Å². The van der Waals surface area contributed by atoms with Crippen molar-refractivity contribution in [2.24, 2.45) is 0 Å². The second-order valence-electron chi connectivity index (χ2n) is 3.86. The highest BCUT2D eigenvalue weighted by atomic mass is 79.9. The van der Waals surface area contributed by atoms with E-state index < -0.39 is 20.7 Å². The molecule has 0 heterocycles. The lowest BCUT2D eigenvalue weighted by molar-refractivity contribution is -0.384. The molecule has 0 amide bonds. The minimum atomic E-state index is -4.18. The summed E-state index contributed by atoms with van der Waals surface area (Å²) in [7, 11) is -4.18. The van der Waals surface area contributed by atoms with Gasteiger partial charge in [0, 0.05) is 10.5 Å². The number of rotatable bonds is 4. The third-order valence-electron chi connectivity index (χ3n) is 2.42. The van der Waals surface area contributed by atoms with Crippen LogP contribution in [-0.4, -0.2) is 13.3 Å². The van der Waals surface area contributed by atoms with Gasteiger partial charge in [-0.25, -0.2) is 0 Å². The van der Waals surface area contributed by atoms with E-state index in [1.807, 2.05) is 0 Å². The normalized spacial score (nSPS) is 11.1. The highest BCUT2D eigenvalue weighted by Gasteiger charge is 2.22. The van der Waals surface area contributed by atoms with E-state index >= 15 is 0 Å². The van der Waals surface area contributed by atoms with Crippen LogP contribution in [0.2, 0.25) is 5.02 Å². The Balaban J connectivity index is 2.38. The van der Waals surface area contributed by atoms with Gasteiger partial charge in [-0.3, -0.25) is 10.1 Å². The third-order valence-corrected chi connectivity index (χ3v) is 4.51. The number of hydrogen-bond donors (Lipinski definition) is 0. The molecule has 0 saturated carbocycles. The molecule has 0 fully saturated rings. The van der Waals surface area contributed by atoms with Crippen molar-refractivity contribution in [2.75, 3.05) is 0 Å². The lowest BCUT2D eigenvalue weighted by atomic mass is 10.3. The summed E-state index contributed by atoms with van der Waals surface area (Å²) >= 11 is 8.85. The Hall–Kier alpha value is -1.64. The van der Waals surface area contributed by atoms with Crippen LogP contribution >= 0.6 is 27.5 Å². The summed E-state index contributed by atoms with van der Waals surface area (Å²) in [5.41, 5.74) is -0.503. The first-order chi connectivity index (χ1) is 9.79. The summed E-state index contributed by atoms with van der Waals surface area (Å²) in [5.74, 6) is 0.0933. The van der Waals surface area contributed by atoms with Gasteiger partial charge in [0.25, 0.3) is 5.69 Å². The molecule has 21 heavy (non-hydrogen) atoms. The molecular formula is C12H7BrClNO5S. The van der Waals surface area contributed by atoms with Gasteiger partial charge in [-0.2, -0.15) is 8.42 Å². The molecule has 0 aliphatic carbocycles. The smallest absolute Gasteiger partial charge is 0.339 e. The minimum Gasteiger partial charge on any atom is -0.379 e. The van der Waals surface area contributed by atoms with Crippen LogP contribution in [0.4, 0.5) is 5.69 Å². The molecule has 0 radical (unpaired) electrons. The summed E-state index contributed by atoms with van der Waals surface area (Å²) in [6, 6.07) is 9.25. The average molecular weight is 393 g/mol. The zero-order valence-corrected chi connectivity index (χ0v) is 13.4. The van der Waals surface area contributed by atoms with Crippen molar-refractivity contribution in [1.29, 1.82) is 0 Å². The largest absolute Gasteiger partial charge is 0.379 e. The molecule has 0 atom stereocenters. The van der Waals surface area contributed by atoms with Gasteiger partial charge in [-0.15, -0.1) is 0 Å². The van der Waals surface area contributed by atoms with Crippen LogP contribution < -0.4 is 4.18 Å². The van der Waals surface area contributed by atoms with E-state index in [0.717, 1.165) is 22.7 Å². The van der Waals surface area contributed by atoms with Gasteiger partial charge in [0.15, 0.2) is 0 Å². The lowest BCUT2D eigenvalue weighted by Gasteiger charge is -2.07. The quantitative estimate of drug-likeness (QED) is 0.449. The molecule has 0 aliphatic rings. The van der Waals surface area contributed by atoms with Gasteiger partial charge in [0.2, 0.25) is 0 Å². The number of hydrogen-bond acceptors (Lipinski definition) is 5. The summed E-state index contributed by atoms with van der Waals surface area (Å²) in [5, 5.41) is 10.6. The van der Waals surface area contributed by atoms with Crippen LogP contribution in [0.1, 0.15) is 0 Å². The van der Waals surface area contributed by atoms with Gasteiger partial charge in [-0.1, -0.05) is 27.5 Å². The molecule has 0 aromatic heterocycles. The molecule has 0 spiro atoms. The van der Waals surface area contributed by atoms with Crippen LogP contribution in [0, 0.1) is 10.1 Å². The second kappa shape index (κ2) is 6.00. The van der Waals surface area contributed by atoms with E-state index in [9.17, 15) is 18.5 Å². The highest BCUT2D eigenvalue weighted by Crippen LogP contribution is 2.28. The molecule has 6 nitrogen and oxygen atoms in total. The van der Waals surface area contributed by atoms with Gasteiger partial charge in [0.1, 0.15) is 15.7 Å². The van der Waals surface area contributed by atoms with E-state index in [0.29, 0.717) is 0 Å². The fourth-order valence-electron chi connectivity index (χ4n) is 1.45. The monoisotopic (exact) mass is 391 g/mol. The fourth-order valence-corrected chi connectivity index (χ4v) is 2.86. The van der Waals surface area contributed by atoms with E-state index in [1.54, 1.807) is 12.1 Å². The summed E-state index contributed by atoms with van der Waals surface area (Å²) in [4.78, 5) is 9.67. The van der Waals surface area contributed by atoms with Crippen molar-refractivity contribution in [1.82, 2.24) is 0 Å². The van der Waals surface area contributed by atoms with Crippen LogP contribution in [0.25, 0.3) is 0 Å². The van der Waals surface area contributed by atoms with Crippen LogP contribution in [0.15, 0.2) is 51.8 Å². The molecule has 0 bridgehead atoms. The maximum atomic E-state index is 12.1. The Labute approximate surface area is 133 Å². The third kappa shape index (κ3) is 3.72. The minimum absolute atomic E-state index is 0.0933.